The Morgan fingerprint density at radius 3 is 2.65 bits per heavy atom. The van der Waals surface area contributed by atoms with Gasteiger partial charge in [0.15, 0.2) is 0 Å². The van der Waals surface area contributed by atoms with Crippen molar-refractivity contribution in [2.45, 2.75) is 24.5 Å². The highest BCUT2D eigenvalue weighted by molar-refractivity contribution is 7.99. The molecule has 0 amide bonds. The van der Waals surface area contributed by atoms with Gasteiger partial charge in [-0.1, -0.05) is 12.1 Å². The van der Waals surface area contributed by atoms with Crippen molar-refractivity contribution in [3.8, 4) is 0 Å². The first-order chi connectivity index (χ1) is 8.26. The van der Waals surface area contributed by atoms with Crippen molar-refractivity contribution in [1.29, 1.82) is 0 Å². The van der Waals surface area contributed by atoms with Gasteiger partial charge >= 0.3 is 0 Å². The summed E-state index contributed by atoms with van der Waals surface area (Å²) in [6.07, 6.45) is -0.392. The molecule has 1 aromatic rings. The number of rotatable bonds is 8. The fourth-order valence-electron chi connectivity index (χ4n) is 1.40. The maximum absolute atomic E-state index is 9.62. The van der Waals surface area contributed by atoms with Gasteiger partial charge in [-0.05, 0) is 31.7 Å². The first-order valence-electron chi connectivity index (χ1n) is 5.88. The summed E-state index contributed by atoms with van der Waals surface area (Å²) in [6, 6.07) is 8.39. The van der Waals surface area contributed by atoms with Gasteiger partial charge in [-0.2, -0.15) is 0 Å². The molecule has 17 heavy (non-hydrogen) atoms. The molecular weight excluding hydrogens is 234 g/mol. The van der Waals surface area contributed by atoms with Crippen LogP contribution in [-0.4, -0.2) is 37.2 Å². The summed E-state index contributed by atoms with van der Waals surface area (Å²) >= 11 is 1.66. The number of ether oxygens (including phenoxy) is 1. The molecule has 96 valence electrons. The van der Waals surface area contributed by atoms with E-state index in [-0.39, 0.29) is 0 Å². The summed E-state index contributed by atoms with van der Waals surface area (Å²) in [6.45, 7) is 3.89. The maximum Gasteiger partial charge on any atom is 0.0867 e. The van der Waals surface area contributed by atoms with Gasteiger partial charge in [-0.25, -0.2) is 0 Å². The summed E-state index contributed by atoms with van der Waals surface area (Å²) in [7, 11) is 1.94. The molecule has 1 unspecified atom stereocenters. The van der Waals surface area contributed by atoms with E-state index in [1.54, 1.807) is 11.8 Å². The van der Waals surface area contributed by atoms with Gasteiger partial charge in [0.2, 0.25) is 0 Å². The Balaban J connectivity index is 2.31. The van der Waals surface area contributed by atoms with Crippen LogP contribution in [0.15, 0.2) is 29.2 Å². The van der Waals surface area contributed by atoms with E-state index in [1.807, 2.05) is 14.0 Å². The third kappa shape index (κ3) is 6.07. The standard InChI is InChI=1S/C13H21NO2S/c1-3-16-9-12(15)10-17-13-6-4-11(5-7-13)8-14-2/h4-7,12,14-15H,3,8-10H2,1-2H3. The van der Waals surface area contributed by atoms with E-state index < -0.39 is 6.10 Å². The predicted molar refractivity (Wildman–Crippen MR) is 72.4 cm³/mol. The second-order valence-electron chi connectivity index (χ2n) is 3.80. The largest absolute Gasteiger partial charge is 0.390 e. The molecule has 0 bridgehead atoms. The lowest BCUT2D eigenvalue weighted by Gasteiger charge is -2.10. The van der Waals surface area contributed by atoms with Crippen LogP contribution in [0.3, 0.4) is 0 Å². The SMILES string of the molecule is CCOCC(O)CSc1ccc(CNC)cc1. The average Bonchev–Trinajstić information content (AvgIpc) is 2.36. The summed E-state index contributed by atoms with van der Waals surface area (Å²) in [5.41, 5.74) is 1.27. The molecule has 1 atom stereocenters. The number of nitrogens with one attached hydrogen (secondary N) is 1. The minimum atomic E-state index is -0.392. The molecule has 0 saturated heterocycles. The van der Waals surface area contributed by atoms with Gasteiger partial charge in [0, 0.05) is 23.8 Å². The lowest BCUT2D eigenvalue weighted by molar-refractivity contribution is 0.0551. The Labute approximate surface area is 108 Å². The van der Waals surface area contributed by atoms with Crippen LogP contribution < -0.4 is 5.32 Å². The summed E-state index contributed by atoms with van der Waals surface area (Å²) in [5.74, 6) is 0.672. The Bertz CT molecular complexity index is 303. The second kappa shape index (κ2) is 8.53. The number of benzene rings is 1. The van der Waals surface area contributed by atoms with Gasteiger partial charge in [0.05, 0.1) is 12.7 Å². The molecule has 4 heteroatoms. The molecular formula is C13H21NO2S. The molecule has 0 radical (unpaired) electrons. The van der Waals surface area contributed by atoms with E-state index in [9.17, 15) is 5.11 Å². The zero-order valence-corrected chi connectivity index (χ0v) is 11.3. The van der Waals surface area contributed by atoms with E-state index in [4.69, 9.17) is 4.74 Å². The normalized spacial score (nSPS) is 12.6. The van der Waals surface area contributed by atoms with E-state index in [1.165, 1.54) is 10.5 Å². The number of hydrogen-bond acceptors (Lipinski definition) is 4. The van der Waals surface area contributed by atoms with Crippen molar-refractivity contribution in [3.63, 3.8) is 0 Å². The van der Waals surface area contributed by atoms with Crippen LogP contribution in [0.4, 0.5) is 0 Å². The van der Waals surface area contributed by atoms with Gasteiger partial charge in [-0.15, -0.1) is 11.8 Å². The van der Waals surface area contributed by atoms with E-state index in [2.05, 4.69) is 29.6 Å². The second-order valence-corrected chi connectivity index (χ2v) is 4.89. The van der Waals surface area contributed by atoms with Crippen molar-refractivity contribution >= 4 is 11.8 Å². The maximum atomic E-state index is 9.62. The lowest BCUT2D eigenvalue weighted by Crippen LogP contribution is -2.17. The van der Waals surface area contributed by atoms with Crippen LogP contribution >= 0.6 is 11.8 Å². The summed E-state index contributed by atoms with van der Waals surface area (Å²) < 4.78 is 5.16. The summed E-state index contributed by atoms with van der Waals surface area (Å²) in [4.78, 5) is 1.18. The molecule has 1 rings (SSSR count). The first-order valence-corrected chi connectivity index (χ1v) is 6.87. The topological polar surface area (TPSA) is 41.5 Å². The van der Waals surface area contributed by atoms with E-state index in [0.29, 0.717) is 19.0 Å². The van der Waals surface area contributed by atoms with Crippen molar-refractivity contribution in [2.75, 3.05) is 26.0 Å². The van der Waals surface area contributed by atoms with Crippen molar-refractivity contribution in [1.82, 2.24) is 5.32 Å². The third-order valence-corrected chi connectivity index (χ3v) is 3.42. The third-order valence-electron chi connectivity index (χ3n) is 2.26. The van der Waals surface area contributed by atoms with Gasteiger partial charge in [-0.3, -0.25) is 0 Å². The minimum Gasteiger partial charge on any atom is -0.390 e. The van der Waals surface area contributed by atoms with E-state index >= 15 is 0 Å². The van der Waals surface area contributed by atoms with Crippen molar-refractivity contribution in [3.05, 3.63) is 29.8 Å². The highest BCUT2D eigenvalue weighted by Gasteiger charge is 2.04. The van der Waals surface area contributed by atoms with Crippen LogP contribution in [-0.2, 0) is 11.3 Å². The zero-order valence-electron chi connectivity index (χ0n) is 10.5. The highest BCUT2D eigenvalue weighted by atomic mass is 32.2. The molecule has 0 aromatic heterocycles. The molecule has 0 aliphatic heterocycles. The molecule has 0 heterocycles. The average molecular weight is 255 g/mol. The van der Waals surface area contributed by atoms with Crippen molar-refractivity contribution in [2.24, 2.45) is 0 Å². The molecule has 1 aromatic carbocycles. The van der Waals surface area contributed by atoms with Crippen LogP contribution in [0.2, 0.25) is 0 Å². The number of thioether (sulfide) groups is 1. The van der Waals surface area contributed by atoms with E-state index in [0.717, 1.165) is 6.54 Å². The summed E-state index contributed by atoms with van der Waals surface area (Å²) in [5, 5.41) is 12.7. The molecule has 0 aliphatic rings. The number of hydrogen-bond donors (Lipinski definition) is 2. The minimum absolute atomic E-state index is 0.392. The quantitative estimate of drug-likeness (QED) is 0.696. The first kappa shape index (κ1) is 14.5. The van der Waals surface area contributed by atoms with Gasteiger partial charge in [0.1, 0.15) is 0 Å². The molecule has 0 saturated carbocycles. The van der Waals surface area contributed by atoms with Crippen LogP contribution in [0.25, 0.3) is 0 Å². The Kier molecular flexibility index (Phi) is 7.28. The molecule has 0 spiro atoms. The monoisotopic (exact) mass is 255 g/mol. The van der Waals surface area contributed by atoms with Crippen molar-refractivity contribution < 1.29 is 9.84 Å². The van der Waals surface area contributed by atoms with Gasteiger partial charge < -0.3 is 15.2 Å². The van der Waals surface area contributed by atoms with Crippen LogP contribution in [0.1, 0.15) is 12.5 Å². The molecule has 2 N–H and O–H groups in total. The fraction of sp³-hybridized carbons (Fsp3) is 0.538. The van der Waals surface area contributed by atoms with Crippen LogP contribution in [0, 0.1) is 0 Å². The lowest BCUT2D eigenvalue weighted by atomic mass is 10.2. The van der Waals surface area contributed by atoms with Crippen LogP contribution in [0.5, 0.6) is 0 Å². The Morgan fingerprint density at radius 1 is 1.35 bits per heavy atom. The number of aliphatic hydroxyl groups is 1. The molecule has 3 nitrogen and oxygen atoms in total. The predicted octanol–water partition coefficient (Wildman–Crippen LogP) is 1.90. The highest BCUT2D eigenvalue weighted by Crippen LogP contribution is 2.19. The fourth-order valence-corrected chi connectivity index (χ4v) is 2.21. The smallest absolute Gasteiger partial charge is 0.0867 e. The molecule has 0 fully saturated rings. The number of aliphatic hydroxyl groups excluding tert-OH is 1. The Hall–Kier alpha value is -0.550. The molecule has 0 aliphatic carbocycles. The van der Waals surface area contributed by atoms with Gasteiger partial charge in [0.25, 0.3) is 0 Å². The zero-order chi connectivity index (χ0) is 12.5. The Morgan fingerprint density at radius 2 is 2.06 bits per heavy atom.